The Balaban J connectivity index is 2.76. The number of nitrogens with zero attached hydrogens (tertiary/aromatic N) is 2. The van der Waals surface area contributed by atoms with Crippen molar-refractivity contribution in [2.75, 3.05) is 14.2 Å². The average molecular weight is 257 g/mol. The first kappa shape index (κ1) is 9.33. The molecule has 4 nitrogen and oxygen atoms in total. The summed E-state index contributed by atoms with van der Waals surface area (Å²) in [6.07, 6.45) is 3.51. The van der Waals surface area contributed by atoms with Gasteiger partial charge in [0.2, 0.25) is 0 Å². The van der Waals surface area contributed by atoms with Gasteiger partial charge in [0.15, 0.2) is 0 Å². The second kappa shape index (κ2) is 3.49. The predicted octanol–water partition coefficient (Wildman–Crippen LogP) is 2.11. The van der Waals surface area contributed by atoms with Crippen LogP contribution in [-0.2, 0) is 0 Å². The first-order valence-electron chi connectivity index (χ1n) is 4.01. The number of aromatic nitrogens is 2. The van der Waals surface area contributed by atoms with Crippen LogP contribution in [0.5, 0.6) is 11.5 Å². The molecule has 0 saturated heterocycles. The van der Waals surface area contributed by atoms with Gasteiger partial charge < -0.3 is 9.47 Å². The maximum atomic E-state index is 5.24. The maximum absolute atomic E-state index is 5.24. The van der Waals surface area contributed by atoms with Gasteiger partial charge in [0.05, 0.1) is 31.1 Å². The number of hydrogen-bond acceptors (Lipinski definition) is 3. The molecule has 0 spiro atoms. The maximum Gasteiger partial charge on any atom is 0.149 e. The third kappa shape index (κ3) is 1.33. The van der Waals surface area contributed by atoms with Crippen LogP contribution in [0.3, 0.4) is 0 Å². The monoisotopic (exact) mass is 256 g/mol. The minimum atomic E-state index is 0.713. The zero-order valence-electron chi connectivity index (χ0n) is 7.82. The highest BCUT2D eigenvalue weighted by atomic mass is 79.9. The van der Waals surface area contributed by atoms with Crippen molar-refractivity contribution in [1.82, 2.24) is 9.61 Å². The molecule has 0 radical (unpaired) electrons. The summed E-state index contributed by atoms with van der Waals surface area (Å²) >= 11 is 3.40. The normalized spacial score (nSPS) is 10.5. The number of fused-ring (bicyclic) bond motifs is 1. The van der Waals surface area contributed by atoms with Crippen LogP contribution in [0.2, 0.25) is 0 Å². The molecule has 0 N–H and O–H groups in total. The van der Waals surface area contributed by atoms with Crippen LogP contribution in [0.1, 0.15) is 0 Å². The molecule has 0 aliphatic rings. The standard InChI is InChI=1S/C9H9BrN2O2/c1-13-6-3-8(14-2)9-7(10)4-11-12(9)5-6/h3-5H,1-2H3. The van der Waals surface area contributed by atoms with E-state index in [0.717, 1.165) is 15.7 Å². The van der Waals surface area contributed by atoms with Gasteiger partial charge >= 0.3 is 0 Å². The Hall–Kier alpha value is -1.23. The highest BCUT2D eigenvalue weighted by Gasteiger charge is 2.09. The summed E-state index contributed by atoms with van der Waals surface area (Å²) in [5.41, 5.74) is 0.897. The van der Waals surface area contributed by atoms with E-state index in [-0.39, 0.29) is 0 Å². The van der Waals surface area contributed by atoms with Crippen molar-refractivity contribution in [3.8, 4) is 11.5 Å². The smallest absolute Gasteiger partial charge is 0.149 e. The van der Waals surface area contributed by atoms with Crippen LogP contribution < -0.4 is 9.47 Å². The molecule has 0 aliphatic heterocycles. The molecule has 2 rings (SSSR count). The van der Waals surface area contributed by atoms with E-state index in [1.54, 1.807) is 31.1 Å². The van der Waals surface area contributed by atoms with Gasteiger partial charge in [-0.05, 0) is 15.9 Å². The van der Waals surface area contributed by atoms with Gasteiger partial charge in [0.1, 0.15) is 17.0 Å². The molecule has 14 heavy (non-hydrogen) atoms. The topological polar surface area (TPSA) is 35.8 Å². The van der Waals surface area contributed by atoms with Crippen molar-refractivity contribution in [3.05, 3.63) is 22.9 Å². The van der Waals surface area contributed by atoms with E-state index in [2.05, 4.69) is 21.0 Å². The fraction of sp³-hybridized carbons (Fsp3) is 0.222. The van der Waals surface area contributed by atoms with E-state index in [1.807, 2.05) is 6.07 Å². The first-order valence-corrected chi connectivity index (χ1v) is 4.80. The van der Waals surface area contributed by atoms with Gasteiger partial charge in [0.25, 0.3) is 0 Å². The van der Waals surface area contributed by atoms with Crippen molar-refractivity contribution in [3.63, 3.8) is 0 Å². The molecule has 2 aromatic heterocycles. The van der Waals surface area contributed by atoms with Crippen molar-refractivity contribution in [2.24, 2.45) is 0 Å². The highest BCUT2D eigenvalue weighted by molar-refractivity contribution is 9.10. The van der Waals surface area contributed by atoms with Crippen LogP contribution in [0.25, 0.3) is 5.52 Å². The lowest BCUT2D eigenvalue weighted by Gasteiger charge is -2.06. The van der Waals surface area contributed by atoms with Gasteiger partial charge in [0, 0.05) is 6.07 Å². The molecule has 0 unspecified atom stereocenters. The summed E-state index contributed by atoms with van der Waals surface area (Å²) in [5.74, 6) is 1.44. The summed E-state index contributed by atoms with van der Waals surface area (Å²) in [7, 11) is 3.23. The number of methoxy groups -OCH3 is 2. The lowest BCUT2D eigenvalue weighted by atomic mass is 10.3. The molecule has 0 aromatic carbocycles. The Morgan fingerprint density at radius 1 is 1.36 bits per heavy atom. The van der Waals surface area contributed by atoms with E-state index in [4.69, 9.17) is 9.47 Å². The minimum Gasteiger partial charge on any atom is -0.495 e. The third-order valence-electron chi connectivity index (χ3n) is 1.96. The third-order valence-corrected chi connectivity index (χ3v) is 2.54. The number of hydrogen-bond donors (Lipinski definition) is 0. The van der Waals surface area contributed by atoms with Crippen LogP contribution in [-0.4, -0.2) is 23.8 Å². The van der Waals surface area contributed by atoms with Gasteiger partial charge in [-0.15, -0.1) is 0 Å². The average Bonchev–Trinajstić information content (AvgIpc) is 2.59. The van der Waals surface area contributed by atoms with Crippen molar-refractivity contribution >= 4 is 21.4 Å². The van der Waals surface area contributed by atoms with E-state index in [0.29, 0.717) is 5.75 Å². The van der Waals surface area contributed by atoms with E-state index < -0.39 is 0 Å². The van der Waals surface area contributed by atoms with Gasteiger partial charge in [-0.3, -0.25) is 0 Å². The summed E-state index contributed by atoms with van der Waals surface area (Å²) in [6.45, 7) is 0. The van der Waals surface area contributed by atoms with Crippen molar-refractivity contribution in [1.29, 1.82) is 0 Å². The van der Waals surface area contributed by atoms with Crippen molar-refractivity contribution in [2.45, 2.75) is 0 Å². The molecule has 0 bridgehead atoms. The molecule has 74 valence electrons. The van der Waals surface area contributed by atoms with Crippen LogP contribution >= 0.6 is 15.9 Å². The lowest BCUT2D eigenvalue weighted by molar-refractivity contribution is 0.392. The highest BCUT2D eigenvalue weighted by Crippen LogP contribution is 2.30. The molecule has 0 saturated carbocycles. The van der Waals surface area contributed by atoms with E-state index in [9.17, 15) is 0 Å². The Bertz CT molecular complexity index is 467. The van der Waals surface area contributed by atoms with E-state index in [1.165, 1.54) is 0 Å². The summed E-state index contributed by atoms with van der Waals surface area (Å²) in [4.78, 5) is 0. The number of halogens is 1. The number of ether oxygens (including phenoxy) is 2. The van der Waals surface area contributed by atoms with Gasteiger partial charge in [-0.1, -0.05) is 0 Å². The largest absolute Gasteiger partial charge is 0.495 e. The second-order valence-corrected chi connectivity index (χ2v) is 3.59. The minimum absolute atomic E-state index is 0.713. The molecule has 0 atom stereocenters. The Labute approximate surface area is 89.6 Å². The van der Waals surface area contributed by atoms with Crippen LogP contribution in [0.15, 0.2) is 22.9 Å². The quantitative estimate of drug-likeness (QED) is 0.826. The Kier molecular flexibility index (Phi) is 2.33. The molecule has 0 aliphatic carbocycles. The zero-order valence-corrected chi connectivity index (χ0v) is 9.41. The molecule has 5 heteroatoms. The zero-order chi connectivity index (χ0) is 10.1. The Morgan fingerprint density at radius 2 is 2.14 bits per heavy atom. The molecule has 2 aromatic rings. The molecular weight excluding hydrogens is 248 g/mol. The lowest BCUT2D eigenvalue weighted by Crippen LogP contribution is -1.94. The molecule has 0 fully saturated rings. The van der Waals surface area contributed by atoms with E-state index >= 15 is 0 Å². The molecule has 2 heterocycles. The SMILES string of the molecule is COc1cc(OC)c2c(Br)cnn2c1. The second-order valence-electron chi connectivity index (χ2n) is 2.73. The van der Waals surface area contributed by atoms with Gasteiger partial charge in [-0.25, -0.2) is 4.52 Å². The first-order chi connectivity index (χ1) is 6.76. The van der Waals surface area contributed by atoms with Gasteiger partial charge in [-0.2, -0.15) is 5.10 Å². The van der Waals surface area contributed by atoms with Crippen molar-refractivity contribution < 1.29 is 9.47 Å². The predicted molar refractivity (Wildman–Crippen MR) is 56.0 cm³/mol. The summed E-state index contributed by atoms with van der Waals surface area (Å²) < 4.78 is 13.0. The van der Waals surface area contributed by atoms with Crippen LogP contribution in [0.4, 0.5) is 0 Å². The fourth-order valence-electron chi connectivity index (χ4n) is 1.29. The van der Waals surface area contributed by atoms with Crippen LogP contribution in [0, 0.1) is 0 Å². The molecule has 0 amide bonds. The fourth-order valence-corrected chi connectivity index (χ4v) is 1.76. The summed E-state index contributed by atoms with van der Waals surface area (Å²) in [5, 5.41) is 4.15. The summed E-state index contributed by atoms with van der Waals surface area (Å²) in [6, 6.07) is 1.82. The number of pyridine rings is 1. The Morgan fingerprint density at radius 3 is 2.79 bits per heavy atom. The molecular formula is C9H9BrN2O2. The number of rotatable bonds is 2.